The lowest BCUT2D eigenvalue weighted by molar-refractivity contribution is -0.131. The molecule has 156 valence electrons. The molecule has 2 aromatic heterocycles. The number of carbonyl (C=O) groups excluding carboxylic acids is 1. The van der Waals surface area contributed by atoms with E-state index in [4.69, 9.17) is 16.0 Å². The molecule has 1 amide bonds. The van der Waals surface area contributed by atoms with Crippen molar-refractivity contribution in [3.63, 3.8) is 0 Å². The number of aromatic nitrogens is 3. The molecule has 5 rings (SSSR count). The van der Waals surface area contributed by atoms with Gasteiger partial charge in [0, 0.05) is 35.6 Å². The second kappa shape index (κ2) is 8.47. The molecule has 0 unspecified atom stereocenters. The number of hydrogen-bond acceptors (Lipinski definition) is 5. The van der Waals surface area contributed by atoms with E-state index in [0.717, 1.165) is 29.2 Å². The van der Waals surface area contributed by atoms with Crippen molar-refractivity contribution in [1.82, 2.24) is 20.1 Å². The zero-order valence-electron chi connectivity index (χ0n) is 16.9. The Hall–Kier alpha value is -3.25. The molecular formula is C24H21ClN4O2. The van der Waals surface area contributed by atoms with Crippen molar-refractivity contribution < 1.29 is 9.21 Å². The molecule has 0 bridgehead atoms. The molecule has 2 aromatic carbocycles. The number of pyridine rings is 1. The van der Waals surface area contributed by atoms with E-state index < -0.39 is 0 Å². The maximum absolute atomic E-state index is 12.6. The summed E-state index contributed by atoms with van der Waals surface area (Å²) in [5.74, 6) is 1.34. The minimum absolute atomic E-state index is 0.131. The van der Waals surface area contributed by atoms with Gasteiger partial charge in [-0.1, -0.05) is 48.0 Å². The summed E-state index contributed by atoms with van der Waals surface area (Å²) >= 11 is 5.92. The average Bonchev–Trinajstić information content (AvgIpc) is 3.30. The van der Waals surface area contributed by atoms with Gasteiger partial charge in [0.05, 0.1) is 6.42 Å². The third-order valence-electron chi connectivity index (χ3n) is 5.78. The zero-order chi connectivity index (χ0) is 21.2. The summed E-state index contributed by atoms with van der Waals surface area (Å²) in [5.41, 5.74) is 1.67. The van der Waals surface area contributed by atoms with Crippen LogP contribution in [-0.4, -0.2) is 39.1 Å². The molecule has 0 saturated carbocycles. The minimum Gasteiger partial charge on any atom is -0.419 e. The van der Waals surface area contributed by atoms with Crippen molar-refractivity contribution in [2.75, 3.05) is 13.1 Å². The van der Waals surface area contributed by atoms with Gasteiger partial charge in [0.2, 0.25) is 11.8 Å². The topological polar surface area (TPSA) is 72.1 Å². The fourth-order valence-corrected chi connectivity index (χ4v) is 4.18. The van der Waals surface area contributed by atoms with E-state index in [1.807, 2.05) is 59.5 Å². The predicted octanol–water partition coefficient (Wildman–Crippen LogP) is 4.89. The van der Waals surface area contributed by atoms with Crippen LogP contribution < -0.4 is 0 Å². The first-order valence-electron chi connectivity index (χ1n) is 10.4. The third-order valence-corrected chi connectivity index (χ3v) is 6.03. The molecule has 31 heavy (non-hydrogen) atoms. The maximum atomic E-state index is 12.6. The molecule has 3 heterocycles. The third kappa shape index (κ3) is 4.16. The first-order valence-corrected chi connectivity index (χ1v) is 10.7. The number of piperidine rings is 1. The lowest BCUT2D eigenvalue weighted by atomic mass is 9.96. The first kappa shape index (κ1) is 19.7. The van der Waals surface area contributed by atoms with Crippen molar-refractivity contribution in [2.45, 2.75) is 25.2 Å². The van der Waals surface area contributed by atoms with Crippen LogP contribution in [0, 0.1) is 0 Å². The van der Waals surface area contributed by atoms with E-state index in [9.17, 15) is 4.79 Å². The Morgan fingerprint density at radius 3 is 2.61 bits per heavy atom. The predicted molar refractivity (Wildman–Crippen MR) is 119 cm³/mol. The number of amides is 1. The Labute approximate surface area is 184 Å². The van der Waals surface area contributed by atoms with Gasteiger partial charge >= 0.3 is 0 Å². The first-order chi connectivity index (χ1) is 15.2. The van der Waals surface area contributed by atoms with Crippen LogP contribution in [0.15, 0.2) is 65.2 Å². The molecule has 1 fully saturated rings. The summed E-state index contributed by atoms with van der Waals surface area (Å²) in [4.78, 5) is 19.0. The number of nitrogens with zero attached hydrogens (tertiary/aromatic N) is 4. The standard InChI is InChI=1S/C24H21ClN4O2/c25-19-7-5-16(6-8-19)15-21(30)29-13-10-18(11-14-29)23-27-28-24(31-23)22-20-4-2-1-3-17(20)9-12-26-22/h1-9,12,18H,10-11,13-15H2. The smallest absolute Gasteiger partial charge is 0.266 e. The minimum atomic E-state index is 0.131. The fraction of sp³-hybridized carbons (Fsp3) is 0.250. The van der Waals surface area contributed by atoms with Crippen LogP contribution in [0.1, 0.15) is 30.2 Å². The van der Waals surface area contributed by atoms with Gasteiger partial charge in [-0.2, -0.15) is 0 Å². The molecule has 1 saturated heterocycles. The molecule has 1 aliphatic rings. The Morgan fingerprint density at radius 1 is 1.03 bits per heavy atom. The largest absolute Gasteiger partial charge is 0.419 e. The number of rotatable bonds is 4. The zero-order valence-corrected chi connectivity index (χ0v) is 17.6. The van der Waals surface area contributed by atoms with Gasteiger partial charge in [0.1, 0.15) is 5.69 Å². The molecule has 0 aliphatic carbocycles. The van der Waals surface area contributed by atoms with Crippen LogP contribution >= 0.6 is 11.6 Å². The van der Waals surface area contributed by atoms with Crippen molar-refractivity contribution in [3.8, 4) is 11.6 Å². The number of halogens is 1. The number of benzene rings is 2. The van der Waals surface area contributed by atoms with Crippen LogP contribution in [0.25, 0.3) is 22.4 Å². The van der Waals surface area contributed by atoms with Crippen molar-refractivity contribution >= 4 is 28.3 Å². The molecule has 0 spiro atoms. The lowest BCUT2D eigenvalue weighted by Gasteiger charge is -2.30. The van der Waals surface area contributed by atoms with Crippen LogP contribution in [0.4, 0.5) is 0 Å². The SMILES string of the molecule is O=C(Cc1ccc(Cl)cc1)N1CCC(c2nnc(-c3nccc4ccccc34)o2)CC1. The highest BCUT2D eigenvalue weighted by Gasteiger charge is 2.28. The molecular weight excluding hydrogens is 412 g/mol. The molecule has 4 aromatic rings. The molecule has 0 N–H and O–H groups in total. The summed E-state index contributed by atoms with van der Waals surface area (Å²) in [6, 6.07) is 17.4. The van der Waals surface area contributed by atoms with Gasteiger partial charge in [0.15, 0.2) is 0 Å². The highest BCUT2D eigenvalue weighted by molar-refractivity contribution is 6.30. The second-order valence-corrected chi connectivity index (χ2v) is 8.22. The van der Waals surface area contributed by atoms with E-state index in [1.54, 1.807) is 6.20 Å². The van der Waals surface area contributed by atoms with E-state index in [0.29, 0.717) is 42.0 Å². The van der Waals surface area contributed by atoms with E-state index >= 15 is 0 Å². The summed E-state index contributed by atoms with van der Waals surface area (Å²) in [7, 11) is 0. The molecule has 6 nitrogen and oxygen atoms in total. The van der Waals surface area contributed by atoms with E-state index in [1.165, 1.54) is 0 Å². The van der Waals surface area contributed by atoms with Crippen LogP contribution in [0.2, 0.25) is 5.02 Å². The number of likely N-dealkylation sites (tertiary alicyclic amines) is 1. The summed E-state index contributed by atoms with van der Waals surface area (Å²) in [6.45, 7) is 1.36. The van der Waals surface area contributed by atoms with Gasteiger partial charge < -0.3 is 9.32 Å². The molecule has 0 atom stereocenters. The van der Waals surface area contributed by atoms with Gasteiger partial charge in [-0.3, -0.25) is 9.78 Å². The Morgan fingerprint density at radius 2 is 1.81 bits per heavy atom. The van der Waals surface area contributed by atoms with E-state index in [2.05, 4.69) is 15.2 Å². The lowest BCUT2D eigenvalue weighted by Crippen LogP contribution is -2.38. The number of fused-ring (bicyclic) bond motifs is 1. The van der Waals surface area contributed by atoms with Gasteiger partial charge in [-0.05, 0) is 42.0 Å². The highest BCUT2D eigenvalue weighted by Crippen LogP contribution is 2.31. The Kier molecular flexibility index (Phi) is 5.38. The Balaban J connectivity index is 1.25. The van der Waals surface area contributed by atoms with Gasteiger partial charge in [-0.15, -0.1) is 10.2 Å². The van der Waals surface area contributed by atoms with Gasteiger partial charge in [-0.25, -0.2) is 0 Å². The van der Waals surface area contributed by atoms with Crippen LogP contribution in [0.3, 0.4) is 0 Å². The number of carbonyl (C=O) groups is 1. The van der Waals surface area contributed by atoms with Gasteiger partial charge in [0.25, 0.3) is 5.89 Å². The van der Waals surface area contributed by atoms with Crippen LogP contribution in [0.5, 0.6) is 0 Å². The molecule has 0 radical (unpaired) electrons. The summed E-state index contributed by atoms with van der Waals surface area (Å²) < 4.78 is 6.02. The summed E-state index contributed by atoms with van der Waals surface area (Å²) in [6.07, 6.45) is 3.75. The van der Waals surface area contributed by atoms with Crippen molar-refractivity contribution in [3.05, 3.63) is 77.3 Å². The normalized spacial score (nSPS) is 14.8. The quantitative estimate of drug-likeness (QED) is 0.459. The van der Waals surface area contributed by atoms with Crippen LogP contribution in [-0.2, 0) is 11.2 Å². The highest BCUT2D eigenvalue weighted by atomic mass is 35.5. The summed E-state index contributed by atoms with van der Waals surface area (Å²) in [5, 5.41) is 11.3. The number of hydrogen-bond donors (Lipinski definition) is 0. The average molecular weight is 433 g/mol. The monoisotopic (exact) mass is 432 g/mol. The van der Waals surface area contributed by atoms with Crippen molar-refractivity contribution in [1.29, 1.82) is 0 Å². The molecule has 1 aliphatic heterocycles. The van der Waals surface area contributed by atoms with Crippen molar-refractivity contribution in [2.24, 2.45) is 0 Å². The second-order valence-electron chi connectivity index (χ2n) is 7.78. The Bertz CT molecular complexity index is 1210. The van der Waals surface area contributed by atoms with E-state index in [-0.39, 0.29) is 11.8 Å². The maximum Gasteiger partial charge on any atom is 0.266 e. The fourth-order valence-electron chi connectivity index (χ4n) is 4.05. The molecule has 7 heteroatoms.